The minimum atomic E-state index is 0.530. The van der Waals surface area contributed by atoms with Crippen LogP contribution in [0.25, 0.3) is 5.57 Å². The number of allylic oxidation sites excluding steroid dienone is 1. The van der Waals surface area contributed by atoms with E-state index in [-0.39, 0.29) is 0 Å². The molecule has 1 aromatic carbocycles. The van der Waals surface area contributed by atoms with Crippen LogP contribution < -0.4 is 10.5 Å². The summed E-state index contributed by atoms with van der Waals surface area (Å²) in [5.41, 5.74) is 9.27. The van der Waals surface area contributed by atoms with Crippen molar-refractivity contribution in [2.75, 3.05) is 13.7 Å². The predicted molar refractivity (Wildman–Crippen MR) is 74.4 cm³/mol. The molecule has 0 heterocycles. The molecule has 94 valence electrons. The normalized spacial score (nSPS) is 12.0. The van der Waals surface area contributed by atoms with Crippen LogP contribution in [0.5, 0.6) is 5.75 Å². The summed E-state index contributed by atoms with van der Waals surface area (Å²) in [7, 11) is 1.71. The van der Waals surface area contributed by atoms with Crippen molar-refractivity contribution in [3.63, 3.8) is 0 Å². The molecule has 0 aliphatic rings. The molecule has 0 aromatic heterocycles. The highest BCUT2D eigenvalue weighted by molar-refractivity contribution is 5.69. The van der Waals surface area contributed by atoms with Crippen LogP contribution in [0.1, 0.15) is 44.2 Å². The van der Waals surface area contributed by atoms with Gasteiger partial charge >= 0.3 is 0 Å². The Kier molecular flexibility index (Phi) is 5.23. The van der Waals surface area contributed by atoms with Gasteiger partial charge in [-0.25, -0.2) is 0 Å². The van der Waals surface area contributed by atoms with Crippen LogP contribution in [0.15, 0.2) is 24.3 Å². The van der Waals surface area contributed by atoms with E-state index in [1.54, 1.807) is 7.11 Å². The van der Waals surface area contributed by atoms with Gasteiger partial charge in [0.05, 0.1) is 7.11 Å². The minimum absolute atomic E-state index is 0.530. The molecular formula is C15H23NO. The van der Waals surface area contributed by atoms with Crippen molar-refractivity contribution in [3.05, 3.63) is 35.4 Å². The lowest BCUT2D eigenvalue weighted by Crippen LogP contribution is -1.97. The Balaban J connectivity index is 3.13. The Morgan fingerprint density at radius 1 is 1.41 bits per heavy atom. The summed E-state index contributed by atoms with van der Waals surface area (Å²) in [5, 5.41) is 0. The first-order chi connectivity index (χ1) is 8.10. The van der Waals surface area contributed by atoms with Crippen LogP contribution in [0.4, 0.5) is 0 Å². The van der Waals surface area contributed by atoms with Crippen molar-refractivity contribution < 1.29 is 4.74 Å². The molecule has 2 nitrogen and oxygen atoms in total. The molecule has 0 amide bonds. The van der Waals surface area contributed by atoms with Gasteiger partial charge in [0.1, 0.15) is 5.75 Å². The Bertz CT molecular complexity index is 394. The molecule has 0 bridgehead atoms. The average Bonchev–Trinajstić information content (AvgIpc) is 2.34. The summed E-state index contributed by atoms with van der Waals surface area (Å²) in [6.07, 6.45) is 3.07. The van der Waals surface area contributed by atoms with E-state index >= 15 is 0 Å². The van der Waals surface area contributed by atoms with Crippen molar-refractivity contribution in [2.45, 2.75) is 33.1 Å². The lowest BCUT2D eigenvalue weighted by Gasteiger charge is -2.13. The zero-order valence-corrected chi connectivity index (χ0v) is 11.3. The largest absolute Gasteiger partial charge is 0.496 e. The van der Waals surface area contributed by atoms with E-state index < -0.39 is 0 Å². The van der Waals surface area contributed by atoms with Crippen molar-refractivity contribution in [3.8, 4) is 5.75 Å². The first kappa shape index (κ1) is 13.8. The van der Waals surface area contributed by atoms with Crippen LogP contribution in [-0.4, -0.2) is 13.7 Å². The van der Waals surface area contributed by atoms with E-state index in [4.69, 9.17) is 10.5 Å². The highest BCUT2D eigenvalue weighted by Gasteiger charge is 2.08. The first-order valence-corrected chi connectivity index (χ1v) is 6.15. The fourth-order valence-corrected chi connectivity index (χ4v) is 1.80. The van der Waals surface area contributed by atoms with Gasteiger partial charge in [-0.1, -0.05) is 26.0 Å². The zero-order valence-electron chi connectivity index (χ0n) is 11.3. The lowest BCUT2D eigenvalue weighted by molar-refractivity contribution is 0.413. The smallest absolute Gasteiger partial charge is 0.126 e. The van der Waals surface area contributed by atoms with Gasteiger partial charge in [-0.05, 0) is 49.1 Å². The highest BCUT2D eigenvalue weighted by Crippen LogP contribution is 2.29. The fraction of sp³-hybridized carbons (Fsp3) is 0.467. The molecule has 0 unspecified atom stereocenters. The Labute approximate surface area is 104 Å². The molecule has 2 N–H and O–H groups in total. The molecule has 0 atom stereocenters. The predicted octanol–water partition coefficient (Wildman–Crippen LogP) is 3.57. The SMILES string of the molecule is COc1ccc(C(C)C)cc1/C(C)=C/CCN. The van der Waals surface area contributed by atoms with E-state index in [2.05, 4.69) is 39.0 Å². The number of rotatable bonds is 5. The van der Waals surface area contributed by atoms with Crippen molar-refractivity contribution in [1.29, 1.82) is 0 Å². The number of methoxy groups -OCH3 is 1. The zero-order chi connectivity index (χ0) is 12.8. The maximum absolute atomic E-state index is 5.53. The molecule has 1 aromatic rings. The molecule has 0 saturated heterocycles. The van der Waals surface area contributed by atoms with Gasteiger partial charge < -0.3 is 10.5 Å². The Morgan fingerprint density at radius 2 is 2.12 bits per heavy atom. The maximum atomic E-state index is 5.53. The summed E-state index contributed by atoms with van der Waals surface area (Å²) in [6, 6.07) is 6.39. The second-order valence-electron chi connectivity index (χ2n) is 4.58. The van der Waals surface area contributed by atoms with E-state index in [0.29, 0.717) is 12.5 Å². The monoisotopic (exact) mass is 233 g/mol. The lowest BCUT2D eigenvalue weighted by atomic mass is 9.96. The van der Waals surface area contributed by atoms with Crippen molar-refractivity contribution in [1.82, 2.24) is 0 Å². The summed E-state index contributed by atoms with van der Waals surface area (Å²) < 4.78 is 5.41. The standard InChI is InChI=1S/C15H23NO/c1-11(2)13-7-8-15(17-4)14(10-13)12(3)6-5-9-16/h6-8,10-11H,5,9,16H2,1-4H3/b12-6+. The molecule has 0 fully saturated rings. The highest BCUT2D eigenvalue weighted by atomic mass is 16.5. The second kappa shape index (κ2) is 6.45. The van der Waals surface area contributed by atoms with Gasteiger partial charge in [-0.3, -0.25) is 0 Å². The van der Waals surface area contributed by atoms with E-state index in [1.165, 1.54) is 16.7 Å². The average molecular weight is 233 g/mol. The second-order valence-corrected chi connectivity index (χ2v) is 4.58. The molecule has 0 radical (unpaired) electrons. The maximum Gasteiger partial charge on any atom is 0.126 e. The third-order valence-electron chi connectivity index (χ3n) is 2.93. The van der Waals surface area contributed by atoms with Gasteiger partial charge in [0, 0.05) is 5.56 Å². The van der Waals surface area contributed by atoms with Crippen LogP contribution in [-0.2, 0) is 0 Å². The van der Waals surface area contributed by atoms with Crippen LogP contribution in [0.3, 0.4) is 0 Å². The van der Waals surface area contributed by atoms with Crippen molar-refractivity contribution in [2.24, 2.45) is 5.73 Å². The molecule has 17 heavy (non-hydrogen) atoms. The Hall–Kier alpha value is -1.28. The summed E-state index contributed by atoms with van der Waals surface area (Å²) in [5.74, 6) is 1.46. The van der Waals surface area contributed by atoms with E-state index in [9.17, 15) is 0 Å². The topological polar surface area (TPSA) is 35.2 Å². The van der Waals surface area contributed by atoms with Gasteiger partial charge in [0.25, 0.3) is 0 Å². The van der Waals surface area contributed by atoms with Crippen LogP contribution in [0, 0.1) is 0 Å². The minimum Gasteiger partial charge on any atom is -0.496 e. The van der Waals surface area contributed by atoms with Gasteiger partial charge in [0.15, 0.2) is 0 Å². The number of hydrogen-bond acceptors (Lipinski definition) is 2. The molecule has 0 spiro atoms. The number of hydrogen-bond donors (Lipinski definition) is 1. The molecule has 0 aliphatic heterocycles. The third kappa shape index (κ3) is 3.60. The van der Waals surface area contributed by atoms with Gasteiger partial charge in [-0.2, -0.15) is 0 Å². The van der Waals surface area contributed by atoms with Gasteiger partial charge in [0.2, 0.25) is 0 Å². The van der Waals surface area contributed by atoms with Crippen molar-refractivity contribution >= 4 is 5.57 Å². The molecule has 2 heteroatoms. The molecular weight excluding hydrogens is 210 g/mol. The summed E-state index contributed by atoms with van der Waals surface area (Å²) >= 11 is 0. The molecule has 1 rings (SSSR count). The summed E-state index contributed by atoms with van der Waals surface area (Å²) in [4.78, 5) is 0. The third-order valence-corrected chi connectivity index (χ3v) is 2.93. The quantitative estimate of drug-likeness (QED) is 0.843. The molecule has 0 aliphatic carbocycles. The first-order valence-electron chi connectivity index (χ1n) is 6.15. The number of benzene rings is 1. The number of ether oxygens (including phenoxy) is 1. The molecule has 0 saturated carbocycles. The van der Waals surface area contributed by atoms with Crippen LogP contribution >= 0.6 is 0 Å². The van der Waals surface area contributed by atoms with Gasteiger partial charge in [-0.15, -0.1) is 0 Å². The fourth-order valence-electron chi connectivity index (χ4n) is 1.80. The van der Waals surface area contributed by atoms with E-state index in [1.807, 2.05) is 6.07 Å². The Morgan fingerprint density at radius 3 is 2.65 bits per heavy atom. The van der Waals surface area contributed by atoms with E-state index in [0.717, 1.165) is 12.2 Å². The summed E-state index contributed by atoms with van der Waals surface area (Å²) in [6.45, 7) is 7.19. The van der Waals surface area contributed by atoms with Crippen LogP contribution in [0.2, 0.25) is 0 Å². The number of nitrogens with two attached hydrogens (primary N) is 1.